The highest BCUT2D eigenvalue weighted by Crippen LogP contribution is 2.04. The number of anilines is 1. The molecule has 0 atom stereocenters. The Morgan fingerprint density at radius 3 is 2.88 bits per heavy atom. The van der Waals surface area contributed by atoms with E-state index in [9.17, 15) is 9.59 Å². The third kappa shape index (κ3) is 2.08. The number of nitrogens with zero attached hydrogens (tertiary/aromatic N) is 3. The molecular formula is C9H11N5O2. The minimum absolute atomic E-state index is 0.0604. The number of nitrogens with two attached hydrogens (primary N) is 1. The number of aromatic nitrogens is 2. The van der Waals surface area contributed by atoms with Crippen LogP contribution >= 0.6 is 0 Å². The fraction of sp³-hybridized carbons (Fsp3) is 0.333. The van der Waals surface area contributed by atoms with E-state index in [0.717, 1.165) is 0 Å². The van der Waals surface area contributed by atoms with Crippen LogP contribution < -0.4 is 11.1 Å². The van der Waals surface area contributed by atoms with Crippen LogP contribution in [0.25, 0.3) is 0 Å². The van der Waals surface area contributed by atoms with Gasteiger partial charge in [0.1, 0.15) is 5.82 Å². The third-order valence-corrected chi connectivity index (χ3v) is 2.23. The summed E-state index contributed by atoms with van der Waals surface area (Å²) in [6, 6.07) is 3.00. The van der Waals surface area contributed by atoms with E-state index in [1.54, 1.807) is 0 Å². The lowest BCUT2D eigenvalue weighted by Crippen LogP contribution is -2.50. The van der Waals surface area contributed by atoms with Crippen molar-refractivity contribution in [3.63, 3.8) is 0 Å². The van der Waals surface area contributed by atoms with Crippen molar-refractivity contribution in [2.75, 3.05) is 25.4 Å². The number of nitrogens with one attached hydrogen (secondary N) is 1. The Labute approximate surface area is 91.6 Å². The quantitative estimate of drug-likeness (QED) is 0.609. The maximum atomic E-state index is 11.9. The van der Waals surface area contributed by atoms with E-state index < -0.39 is 0 Å². The van der Waals surface area contributed by atoms with E-state index in [0.29, 0.717) is 13.1 Å². The summed E-state index contributed by atoms with van der Waals surface area (Å²) in [6.45, 7) is 1.01. The second-order valence-corrected chi connectivity index (χ2v) is 3.42. The molecule has 1 saturated heterocycles. The van der Waals surface area contributed by atoms with Crippen LogP contribution in [0.3, 0.4) is 0 Å². The lowest BCUT2D eigenvalue weighted by atomic mass is 10.3. The zero-order valence-corrected chi connectivity index (χ0v) is 8.51. The molecular weight excluding hydrogens is 210 g/mol. The molecule has 84 valence electrons. The summed E-state index contributed by atoms with van der Waals surface area (Å²) in [5, 5.41) is 9.91. The Morgan fingerprint density at radius 1 is 1.44 bits per heavy atom. The highest BCUT2D eigenvalue weighted by atomic mass is 16.2. The smallest absolute Gasteiger partial charge is 0.274 e. The van der Waals surface area contributed by atoms with Gasteiger partial charge in [0.25, 0.3) is 5.91 Å². The van der Waals surface area contributed by atoms with E-state index >= 15 is 0 Å². The van der Waals surface area contributed by atoms with Crippen molar-refractivity contribution >= 4 is 17.6 Å². The SMILES string of the molecule is Nc1ccc(C(=O)N2CCNC(=O)C2)nn1. The monoisotopic (exact) mass is 221 g/mol. The van der Waals surface area contributed by atoms with Gasteiger partial charge in [-0.1, -0.05) is 0 Å². The van der Waals surface area contributed by atoms with Gasteiger partial charge in [0.05, 0.1) is 6.54 Å². The number of piperazine rings is 1. The summed E-state index contributed by atoms with van der Waals surface area (Å²) in [5.74, 6) is -0.210. The number of amides is 2. The van der Waals surface area contributed by atoms with Crippen LogP contribution in [0.2, 0.25) is 0 Å². The molecule has 0 aromatic carbocycles. The van der Waals surface area contributed by atoms with Crippen LogP contribution in [0.5, 0.6) is 0 Å². The molecule has 1 aromatic heterocycles. The average Bonchev–Trinajstić information content (AvgIpc) is 2.29. The normalized spacial score (nSPS) is 15.8. The number of hydrogen-bond acceptors (Lipinski definition) is 5. The first-order valence-corrected chi connectivity index (χ1v) is 4.82. The van der Waals surface area contributed by atoms with Gasteiger partial charge in [0.2, 0.25) is 5.91 Å². The maximum Gasteiger partial charge on any atom is 0.274 e. The summed E-state index contributed by atoms with van der Waals surface area (Å²) in [7, 11) is 0. The van der Waals surface area contributed by atoms with Gasteiger partial charge in [0.15, 0.2) is 5.69 Å². The first-order chi connectivity index (χ1) is 7.66. The van der Waals surface area contributed by atoms with Crippen LogP contribution in [0.15, 0.2) is 12.1 Å². The lowest BCUT2D eigenvalue weighted by Gasteiger charge is -2.26. The van der Waals surface area contributed by atoms with Crippen LogP contribution in [0.1, 0.15) is 10.5 Å². The molecule has 1 aromatic rings. The van der Waals surface area contributed by atoms with Gasteiger partial charge in [-0.15, -0.1) is 10.2 Å². The molecule has 16 heavy (non-hydrogen) atoms. The minimum Gasteiger partial charge on any atom is -0.382 e. The third-order valence-electron chi connectivity index (χ3n) is 2.23. The number of nitrogen functional groups attached to an aromatic ring is 1. The fourth-order valence-electron chi connectivity index (χ4n) is 1.43. The van der Waals surface area contributed by atoms with Gasteiger partial charge in [-0.25, -0.2) is 0 Å². The van der Waals surface area contributed by atoms with Crippen LogP contribution in [0.4, 0.5) is 5.82 Å². The van der Waals surface area contributed by atoms with Crippen molar-refractivity contribution < 1.29 is 9.59 Å². The number of carbonyl (C=O) groups is 2. The first kappa shape index (κ1) is 10.3. The molecule has 0 bridgehead atoms. The average molecular weight is 221 g/mol. The molecule has 0 spiro atoms. The zero-order chi connectivity index (χ0) is 11.5. The fourth-order valence-corrected chi connectivity index (χ4v) is 1.43. The van der Waals surface area contributed by atoms with Gasteiger partial charge in [0, 0.05) is 13.1 Å². The van der Waals surface area contributed by atoms with Crippen LogP contribution in [-0.4, -0.2) is 46.5 Å². The second-order valence-electron chi connectivity index (χ2n) is 3.42. The topological polar surface area (TPSA) is 101 Å². The maximum absolute atomic E-state index is 11.9. The molecule has 0 radical (unpaired) electrons. The Morgan fingerprint density at radius 2 is 2.25 bits per heavy atom. The Hall–Kier alpha value is -2.18. The summed E-state index contributed by atoms with van der Waals surface area (Å²) in [4.78, 5) is 24.4. The first-order valence-electron chi connectivity index (χ1n) is 4.82. The molecule has 1 aliphatic rings. The van der Waals surface area contributed by atoms with E-state index in [1.165, 1.54) is 17.0 Å². The predicted molar refractivity (Wildman–Crippen MR) is 55.4 cm³/mol. The number of carbonyl (C=O) groups excluding carboxylic acids is 2. The summed E-state index contributed by atoms with van der Waals surface area (Å²) < 4.78 is 0. The molecule has 1 aliphatic heterocycles. The van der Waals surface area contributed by atoms with Crippen molar-refractivity contribution in [2.24, 2.45) is 0 Å². The highest BCUT2D eigenvalue weighted by Gasteiger charge is 2.23. The van der Waals surface area contributed by atoms with Crippen LogP contribution in [0, 0.1) is 0 Å². The standard InChI is InChI=1S/C9H11N5O2/c10-7-2-1-6(12-13-7)9(16)14-4-3-11-8(15)5-14/h1-2H,3-5H2,(H2,10,13)(H,11,15). The van der Waals surface area contributed by atoms with Crippen molar-refractivity contribution in [1.29, 1.82) is 0 Å². The van der Waals surface area contributed by atoms with Crippen molar-refractivity contribution in [1.82, 2.24) is 20.4 Å². The van der Waals surface area contributed by atoms with Gasteiger partial charge >= 0.3 is 0 Å². The minimum atomic E-state index is -0.303. The van der Waals surface area contributed by atoms with E-state index in [4.69, 9.17) is 5.73 Å². The van der Waals surface area contributed by atoms with E-state index in [2.05, 4.69) is 15.5 Å². The lowest BCUT2D eigenvalue weighted by molar-refractivity contribution is -0.123. The molecule has 0 unspecified atom stereocenters. The summed E-state index contributed by atoms with van der Waals surface area (Å²) >= 11 is 0. The van der Waals surface area contributed by atoms with Gasteiger partial charge in [-0.05, 0) is 12.1 Å². The summed E-state index contributed by atoms with van der Waals surface area (Å²) in [6.07, 6.45) is 0. The number of hydrogen-bond donors (Lipinski definition) is 2. The molecule has 2 amide bonds. The van der Waals surface area contributed by atoms with Crippen molar-refractivity contribution in [3.8, 4) is 0 Å². The van der Waals surface area contributed by atoms with Crippen molar-refractivity contribution in [2.45, 2.75) is 0 Å². The van der Waals surface area contributed by atoms with E-state index in [1.807, 2.05) is 0 Å². The van der Waals surface area contributed by atoms with Gasteiger partial charge in [-0.3, -0.25) is 9.59 Å². The summed E-state index contributed by atoms with van der Waals surface area (Å²) in [5.41, 5.74) is 5.56. The second kappa shape index (κ2) is 4.13. The van der Waals surface area contributed by atoms with Gasteiger partial charge in [-0.2, -0.15) is 0 Å². The van der Waals surface area contributed by atoms with Crippen molar-refractivity contribution in [3.05, 3.63) is 17.8 Å². The Kier molecular flexibility index (Phi) is 2.67. The largest absolute Gasteiger partial charge is 0.382 e. The molecule has 0 aliphatic carbocycles. The number of rotatable bonds is 1. The molecule has 2 rings (SSSR count). The molecule has 0 saturated carbocycles. The zero-order valence-electron chi connectivity index (χ0n) is 8.51. The van der Waals surface area contributed by atoms with Gasteiger partial charge < -0.3 is 16.0 Å². The molecule has 2 heterocycles. The molecule has 1 fully saturated rings. The van der Waals surface area contributed by atoms with Crippen LogP contribution in [-0.2, 0) is 4.79 Å². The molecule has 7 heteroatoms. The molecule has 3 N–H and O–H groups in total. The highest BCUT2D eigenvalue weighted by molar-refractivity contribution is 5.95. The van der Waals surface area contributed by atoms with E-state index in [-0.39, 0.29) is 29.9 Å². The molecule has 7 nitrogen and oxygen atoms in total. The Bertz CT molecular complexity index is 416. The Balaban J connectivity index is 2.12. The predicted octanol–water partition coefficient (Wildman–Crippen LogP) is -1.37.